The Morgan fingerprint density at radius 2 is 1.70 bits per heavy atom. The molecule has 9 heteroatoms. The van der Waals surface area contributed by atoms with E-state index < -0.39 is 20.0 Å². The molecule has 0 saturated carbocycles. The van der Waals surface area contributed by atoms with E-state index in [1.54, 1.807) is 31.2 Å². The standard InChI is InChI=1S/C14H24N2O5S2/c1-4-12-23(19,20)15-10-11-16(22(3,17)18)13-6-8-14(9-7-13)21-5-2/h6-9,15H,4-5,10-12H2,1-3H3. The zero-order valence-corrected chi connectivity index (χ0v) is 15.3. The molecule has 0 aliphatic heterocycles. The Bertz CT molecular complexity index is 684. The lowest BCUT2D eigenvalue weighted by atomic mass is 10.3. The predicted octanol–water partition coefficient (Wildman–Crippen LogP) is 1.18. The Morgan fingerprint density at radius 1 is 1.09 bits per heavy atom. The molecular formula is C14H24N2O5S2. The molecule has 1 aromatic carbocycles. The second-order valence-electron chi connectivity index (χ2n) is 4.98. The number of nitrogens with one attached hydrogen (secondary N) is 1. The minimum absolute atomic E-state index is 0.0165. The first-order valence-corrected chi connectivity index (χ1v) is 10.9. The molecule has 0 fully saturated rings. The molecule has 0 saturated heterocycles. The zero-order chi connectivity index (χ0) is 17.5. The third-order valence-electron chi connectivity index (χ3n) is 2.95. The fraction of sp³-hybridized carbons (Fsp3) is 0.571. The molecule has 23 heavy (non-hydrogen) atoms. The van der Waals surface area contributed by atoms with Gasteiger partial charge in [-0.05, 0) is 37.6 Å². The van der Waals surface area contributed by atoms with Gasteiger partial charge in [-0.3, -0.25) is 4.31 Å². The van der Waals surface area contributed by atoms with Crippen molar-refractivity contribution in [2.24, 2.45) is 0 Å². The minimum atomic E-state index is -3.52. The molecule has 0 aromatic heterocycles. The molecule has 1 rings (SSSR count). The van der Waals surface area contributed by atoms with E-state index in [0.29, 0.717) is 24.5 Å². The molecule has 0 aliphatic carbocycles. The zero-order valence-electron chi connectivity index (χ0n) is 13.6. The lowest BCUT2D eigenvalue weighted by Crippen LogP contribution is -2.38. The summed E-state index contributed by atoms with van der Waals surface area (Å²) in [6, 6.07) is 6.62. The van der Waals surface area contributed by atoms with Gasteiger partial charge in [0.05, 0.1) is 24.3 Å². The van der Waals surface area contributed by atoms with Gasteiger partial charge in [0, 0.05) is 13.1 Å². The van der Waals surface area contributed by atoms with Gasteiger partial charge in [0.25, 0.3) is 0 Å². The summed E-state index contributed by atoms with van der Waals surface area (Å²) in [7, 11) is -6.88. The highest BCUT2D eigenvalue weighted by Crippen LogP contribution is 2.21. The van der Waals surface area contributed by atoms with Crippen molar-refractivity contribution in [1.82, 2.24) is 4.72 Å². The molecule has 1 aromatic rings. The van der Waals surface area contributed by atoms with Crippen molar-refractivity contribution in [1.29, 1.82) is 0 Å². The first kappa shape index (κ1) is 19.7. The molecule has 132 valence electrons. The van der Waals surface area contributed by atoms with Crippen molar-refractivity contribution in [2.45, 2.75) is 20.3 Å². The normalized spacial score (nSPS) is 12.1. The van der Waals surface area contributed by atoms with E-state index in [4.69, 9.17) is 4.74 Å². The van der Waals surface area contributed by atoms with Crippen LogP contribution in [-0.4, -0.2) is 48.5 Å². The number of ether oxygens (including phenoxy) is 1. The monoisotopic (exact) mass is 364 g/mol. The van der Waals surface area contributed by atoms with Gasteiger partial charge in [-0.2, -0.15) is 0 Å². The average Bonchev–Trinajstić information content (AvgIpc) is 2.44. The first-order chi connectivity index (χ1) is 10.7. The SMILES string of the molecule is CCCS(=O)(=O)NCCN(c1ccc(OCC)cc1)S(C)(=O)=O. The van der Waals surface area contributed by atoms with E-state index in [1.165, 1.54) is 0 Å². The van der Waals surface area contributed by atoms with Crippen LogP contribution < -0.4 is 13.8 Å². The second kappa shape index (κ2) is 8.51. The topological polar surface area (TPSA) is 92.8 Å². The van der Waals surface area contributed by atoms with Gasteiger partial charge in [-0.15, -0.1) is 0 Å². The molecule has 0 unspecified atom stereocenters. The fourth-order valence-electron chi connectivity index (χ4n) is 2.01. The molecule has 0 atom stereocenters. The van der Waals surface area contributed by atoms with Crippen molar-refractivity contribution in [3.63, 3.8) is 0 Å². The van der Waals surface area contributed by atoms with Crippen LogP contribution in [0.25, 0.3) is 0 Å². The lowest BCUT2D eigenvalue weighted by Gasteiger charge is -2.22. The van der Waals surface area contributed by atoms with E-state index in [0.717, 1.165) is 10.6 Å². The van der Waals surface area contributed by atoms with Gasteiger partial charge >= 0.3 is 0 Å². The van der Waals surface area contributed by atoms with Crippen LogP contribution in [0, 0.1) is 0 Å². The maximum absolute atomic E-state index is 11.9. The van der Waals surface area contributed by atoms with E-state index in [-0.39, 0.29) is 18.8 Å². The number of hydrogen-bond donors (Lipinski definition) is 1. The molecule has 0 amide bonds. The van der Waals surface area contributed by atoms with Gasteiger partial charge in [0.15, 0.2) is 0 Å². The third kappa shape index (κ3) is 6.76. The Kier molecular flexibility index (Phi) is 7.30. The first-order valence-electron chi connectivity index (χ1n) is 7.37. The van der Waals surface area contributed by atoms with Crippen LogP contribution >= 0.6 is 0 Å². The number of anilines is 1. The summed E-state index contributed by atoms with van der Waals surface area (Å²) >= 11 is 0. The summed E-state index contributed by atoms with van der Waals surface area (Å²) in [6.07, 6.45) is 1.59. The van der Waals surface area contributed by atoms with Crippen molar-refractivity contribution >= 4 is 25.7 Å². The van der Waals surface area contributed by atoms with E-state index in [1.807, 2.05) is 6.92 Å². The van der Waals surface area contributed by atoms with E-state index >= 15 is 0 Å². The average molecular weight is 364 g/mol. The van der Waals surface area contributed by atoms with E-state index in [9.17, 15) is 16.8 Å². The largest absolute Gasteiger partial charge is 0.494 e. The van der Waals surface area contributed by atoms with Crippen molar-refractivity contribution in [3.05, 3.63) is 24.3 Å². The smallest absolute Gasteiger partial charge is 0.232 e. The lowest BCUT2D eigenvalue weighted by molar-refractivity contribution is 0.340. The third-order valence-corrected chi connectivity index (χ3v) is 5.73. The number of rotatable bonds is 10. The fourth-order valence-corrected chi connectivity index (χ4v) is 4.02. The number of nitrogens with zero attached hydrogens (tertiary/aromatic N) is 1. The highest BCUT2D eigenvalue weighted by Gasteiger charge is 2.18. The minimum Gasteiger partial charge on any atom is -0.494 e. The van der Waals surface area contributed by atoms with Crippen LogP contribution in [0.4, 0.5) is 5.69 Å². The highest BCUT2D eigenvalue weighted by molar-refractivity contribution is 7.92. The Hall–Kier alpha value is -1.32. The Balaban J connectivity index is 2.82. The molecule has 0 spiro atoms. The van der Waals surface area contributed by atoms with Crippen molar-refractivity contribution in [2.75, 3.05) is 36.0 Å². The summed E-state index contributed by atoms with van der Waals surface area (Å²) < 4.78 is 56.0. The molecular weight excluding hydrogens is 340 g/mol. The Labute approximate surface area is 138 Å². The predicted molar refractivity (Wildman–Crippen MR) is 91.9 cm³/mol. The number of benzene rings is 1. The number of hydrogen-bond acceptors (Lipinski definition) is 5. The molecule has 0 radical (unpaired) electrons. The molecule has 0 aliphatic rings. The van der Waals surface area contributed by atoms with Crippen molar-refractivity contribution in [3.8, 4) is 5.75 Å². The summed E-state index contributed by atoms with van der Waals surface area (Å²) in [5.41, 5.74) is 0.464. The van der Waals surface area contributed by atoms with E-state index in [2.05, 4.69) is 4.72 Å². The number of sulfonamides is 2. The summed E-state index contributed by atoms with van der Waals surface area (Å²) in [5, 5.41) is 0. The highest BCUT2D eigenvalue weighted by atomic mass is 32.2. The van der Waals surface area contributed by atoms with Crippen LogP contribution in [0.3, 0.4) is 0 Å². The van der Waals surface area contributed by atoms with Crippen LogP contribution in [-0.2, 0) is 20.0 Å². The molecule has 0 heterocycles. The van der Waals surface area contributed by atoms with Crippen LogP contribution in [0.2, 0.25) is 0 Å². The maximum Gasteiger partial charge on any atom is 0.232 e. The van der Waals surface area contributed by atoms with Crippen LogP contribution in [0.15, 0.2) is 24.3 Å². The summed E-state index contributed by atoms with van der Waals surface area (Å²) in [5.74, 6) is 0.669. The molecule has 0 bridgehead atoms. The van der Waals surface area contributed by atoms with Crippen molar-refractivity contribution < 1.29 is 21.6 Å². The molecule has 1 N–H and O–H groups in total. The van der Waals surface area contributed by atoms with Crippen LogP contribution in [0.1, 0.15) is 20.3 Å². The maximum atomic E-state index is 11.9. The van der Waals surface area contributed by atoms with Gasteiger partial charge in [0.2, 0.25) is 20.0 Å². The molecule has 7 nitrogen and oxygen atoms in total. The van der Waals surface area contributed by atoms with Gasteiger partial charge < -0.3 is 4.74 Å². The van der Waals surface area contributed by atoms with Gasteiger partial charge in [-0.25, -0.2) is 21.6 Å². The summed E-state index contributed by atoms with van der Waals surface area (Å²) in [6.45, 7) is 4.19. The second-order valence-corrected chi connectivity index (χ2v) is 8.81. The Morgan fingerprint density at radius 3 is 2.17 bits per heavy atom. The van der Waals surface area contributed by atoms with Gasteiger partial charge in [0.1, 0.15) is 5.75 Å². The summed E-state index contributed by atoms with van der Waals surface area (Å²) in [4.78, 5) is 0. The van der Waals surface area contributed by atoms with Gasteiger partial charge in [-0.1, -0.05) is 6.92 Å². The quantitative estimate of drug-likeness (QED) is 0.673. The van der Waals surface area contributed by atoms with Crippen LogP contribution in [0.5, 0.6) is 5.75 Å².